The first kappa shape index (κ1) is 14.0. The van der Waals surface area contributed by atoms with E-state index in [4.69, 9.17) is 0 Å². The first-order valence-corrected chi connectivity index (χ1v) is 6.18. The zero-order valence-electron chi connectivity index (χ0n) is 10.7. The molecule has 3 N–H and O–H groups in total. The fraction of sp³-hybridized carbons (Fsp3) is 0.133. The number of aliphatic hydroxyl groups is 1. The number of rotatable bonds is 4. The predicted octanol–water partition coefficient (Wildman–Crippen LogP) is 2.68. The Morgan fingerprint density at radius 2 is 1.75 bits per heavy atom. The van der Waals surface area contributed by atoms with E-state index in [1.807, 2.05) is 18.2 Å². The molecule has 0 radical (unpaired) electrons. The van der Waals surface area contributed by atoms with Crippen LogP contribution in [0.2, 0.25) is 0 Å². The van der Waals surface area contributed by atoms with Gasteiger partial charge in [0.2, 0.25) is 0 Å². The van der Waals surface area contributed by atoms with Crippen LogP contribution in [0.3, 0.4) is 0 Å². The molecule has 0 aliphatic heterocycles. The van der Waals surface area contributed by atoms with Crippen molar-refractivity contribution in [3.8, 4) is 0 Å². The minimum absolute atomic E-state index is 0.0924. The van der Waals surface area contributed by atoms with Crippen LogP contribution >= 0.6 is 0 Å². The van der Waals surface area contributed by atoms with Crippen LogP contribution in [-0.4, -0.2) is 17.7 Å². The van der Waals surface area contributed by atoms with Crippen molar-refractivity contribution in [3.63, 3.8) is 0 Å². The van der Waals surface area contributed by atoms with E-state index >= 15 is 0 Å². The molecular weight excluding hydrogens is 259 g/mol. The number of benzene rings is 2. The van der Waals surface area contributed by atoms with Gasteiger partial charge < -0.3 is 15.7 Å². The third-order valence-corrected chi connectivity index (χ3v) is 2.81. The van der Waals surface area contributed by atoms with Gasteiger partial charge in [-0.3, -0.25) is 0 Å². The van der Waals surface area contributed by atoms with Gasteiger partial charge in [-0.1, -0.05) is 42.5 Å². The Labute approximate surface area is 116 Å². The second-order valence-electron chi connectivity index (χ2n) is 4.22. The Hall–Kier alpha value is -2.40. The van der Waals surface area contributed by atoms with E-state index in [0.717, 1.165) is 5.56 Å². The van der Waals surface area contributed by atoms with Crippen LogP contribution in [0.1, 0.15) is 11.6 Å². The van der Waals surface area contributed by atoms with Gasteiger partial charge in [0.15, 0.2) is 0 Å². The lowest BCUT2D eigenvalue weighted by Gasteiger charge is -2.17. The predicted molar refractivity (Wildman–Crippen MR) is 74.8 cm³/mol. The standard InChI is InChI=1S/C15H15FN2O2/c16-12-8-4-5-9-13(12)17-15(20)18-14(10-19)11-6-2-1-3-7-11/h1-9,14,19H,10H2,(H2,17,18,20)/t14-/m0/s1. The molecule has 4 nitrogen and oxygen atoms in total. The third kappa shape index (κ3) is 3.55. The molecule has 0 aromatic heterocycles. The van der Waals surface area contributed by atoms with Gasteiger partial charge >= 0.3 is 6.03 Å². The lowest BCUT2D eigenvalue weighted by molar-refractivity contribution is 0.225. The second-order valence-corrected chi connectivity index (χ2v) is 4.22. The number of hydrogen-bond acceptors (Lipinski definition) is 2. The lowest BCUT2D eigenvalue weighted by Crippen LogP contribution is -2.34. The van der Waals surface area contributed by atoms with Gasteiger partial charge in [-0.15, -0.1) is 0 Å². The highest BCUT2D eigenvalue weighted by atomic mass is 19.1. The van der Waals surface area contributed by atoms with Gasteiger partial charge in [-0.2, -0.15) is 0 Å². The molecule has 2 rings (SSSR count). The first-order valence-electron chi connectivity index (χ1n) is 6.18. The van der Waals surface area contributed by atoms with Crippen LogP contribution in [0.5, 0.6) is 0 Å². The van der Waals surface area contributed by atoms with Crippen LogP contribution in [-0.2, 0) is 0 Å². The SMILES string of the molecule is O=C(Nc1ccccc1F)N[C@@H](CO)c1ccccc1. The number of aliphatic hydroxyl groups excluding tert-OH is 1. The van der Waals surface area contributed by atoms with Gasteiger partial charge in [0.05, 0.1) is 18.3 Å². The average Bonchev–Trinajstić information content (AvgIpc) is 2.48. The number of amides is 2. The minimum atomic E-state index is -0.571. The van der Waals surface area contributed by atoms with Gasteiger partial charge in [-0.05, 0) is 17.7 Å². The molecule has 104 valence electrons. The zero-order chi connectivity index (χ0) is 14.4. The summed E-state index contributed by atoms with van der Waals surface area (Å²) in [4.78, 5) is 11.8. The van der Waals surface area contributed by atoms with E-state index in [2.05, 4.69) is 10.6 Å². The van der Waals surface area contributed by atoms with Crippen LogP contribution < -0.4 is 10.6 Å². The molecular formula is C15H15FN2O2. The van der Waals surface area contributed by atoms with E-state index < -0.39 is 17.9 Å². The van der Waals surface area contributed by atoms with Crippen molar-refractivity contribution in [2.24, 2.45) is 0 Å². The number of hydrogen-bond donors (Lipinski definition) is 3. The molecule has 0 spiro atoms. The third-order valence-electron chi connectivity index (χ3n) is 2.81. The summed E-state index contributed by atoms with van der Waals surface area (Å²) in [6, 6.07) is 13.8. The van der Waals surface area contributed by atoms with Crippen molar-refractivity contribution in [3.05, 3.63) is 66.0 Å². The maximum atomic E-state index is 13.4. The molecule has 2 aromatic rings. The molecule has 0 aliphatic rings. The van der Waals surface area contributed by atoms with Crippen molar-refractivity contribution in [2.45, 2.75) is 6.04 Å². The Balaban J connectivity index is 2.02. The fourth-order valence-electron chi connectivity index (χ4n) is 1.80. The van der Waals surface area contributed by atoms with Crippen molar-refractivity contribution < 1.29 is 14.3 Å². The summed E-state index contributed by atoms with van der Waals surface area (Å²) in [5.41, 5.74) is 0.869. The number of nitrogens with one attached hydrogen (secondary N) is 2. The minimum Gasteiger partial charge on any atom is -0.394 e. The van der Waals surface area contributed by atoms with Gasteiger partial charge in [0.25, 0.3) is 0 Å². The summed E-state index contributed by atoms with van der Waals surface area (Å²) in [5.74, 6) is -0.511. The summed E-state index contributed by atoms with van der Waals surface area (Å²) in [6.07, 6.45) is 0. The number of para-hydroxylation sites is 1. The molecule has 5 heteroatoms. The smallest absolute Gasteiger partial charge is 0.319 e. The molecule has 1 atom stereocenters. The molecule has 20 heavy (non-hydrogen) atoms. The molecule has 0 unspecified atom stereocenters. The zero-order valence-corrected chi connectivity index (χ0v) is 10.7. The van der Waals surface area contributed by atoms with Crippen molar-refractivity contribution >= 4 is 11.7 Å². The molecule has 0 saturated carbocycles. The van der Waals surface area contributed by atoms with Gasteiger partial charge in [0, 0.05) is 0 Å². The number of halogens is 1. The summed E-state index contributed by atoms with van der Waals surface area (Å²) < 4.78 is 13.4. The number of urea groups is 1. The number of carbonyl (C=O) groups excluding carboxylic acids is 1. The van der Waals surface area contributed by atoms with E-state index in [1.165, 1.54) is 12.1 Å². The van der Waals surface area contributed by atoms with Crippen molar-refractivity contribution in [1.82, 2.24) is 5.32 Å². The summed E-state index contributed by atoms with van der Waals surface area (Å²) in [5, 5.41) is 14.3. The first-order chi connectivity index (χ1) is 9.70. The molecule has 0 heterocycles. The molecule has 0 fully saturated rings. The van der Waals surface area contributed by atoms with Crippen molar-refractivity contribution in [2.75, 3.05) is 11.9 Å². The normalized spacial score (nSPS) is 11.7. The summed E-state index contributed by atoms with van der Waals surface area (Å²) >= 11 is 0. The Bertz CT molecular complexity index is 575. The Kier molecular flexibility index (Phi) is 4.68. The molecule has 2 amide bonds. The van der Waals surface area contributed by atoms with Crippen LogP contribution in [0.4, 0.5) is 14.9 Å². The summed E-state index contributed by atoms with van der Waals surface area (Å²) in [6.45, 7) is -0.241. The van der Waals surface area contributed by atoms with Crippen LogP contribution in [0.25, 0.3) is 0 Å². The highest BCUT2D eigenvalue weighted by molar-refractivity contribution is 5.89. The molecule has 0 bridgehead atoms. The monoisotopic (exact) mass is 274 g/mol. The topological polar surface area (TPSA) is 61.4 Å². The van der Waals surface area contributed by atoms with E-state index in [0.29, 0.717) is 0 Å². The Morgan fingerprint density at radius 3 is 2.40 bits per heavy atom. The molecule has 2 aromatic carbocycles. The number of anilines is 1. The van der Waals surface area contributed by atoms with E-state index in [-0.39, 0.29) is 12.3 Å². The Morgan fingerprint density at radius 1 is 1.10 bits per heavy atom. The van der Waals surface area contributed by atoms with E-state index in [1.54, 1.807) is 24.3 Å². The average molecular weight is 274 g/mol. The lowest BCUT2D eigenvalue weighted by atomic mass is 10.1. The van der Waals surface area contributed by atoms with Crippen LogP contribution in [0, 0.1) is 5.82 Å². The molecule has 0 saturated heterocycles. The molecule has 0 aliphatic carbocycles. The quantitative estimate of drug-likeness (QED) is 0.802. The van der Waals surface area contributed by atoms with Crippen LogP contribution in [0.15, 0.2) is 54.6 Å². The number of carbonyl (C=O) groups is 1. The highest BCUT2D eigenvalue weighted by Crippen LogP contribution is 2.14. The summed E-state index contributed by atoms with van der Waals surface area (Å²) in [7, 11) is 0. The van der Waals surface area contributed by atoms with Gasteiger partial charge in [-0.25, -0.2) is 9.18 Å². The maximum Gasteiger partial charge on any atom is 0.319 e. The van der Waals surface area contributed by atoms with Gasteiger partial charge in [0.1, 0.15) is 5.82 Å². The largest absolute Gasteiger partial charge is 0.394 e. The second kappa shape index (κ2) is 6.68. The maximum absolute atomic E-state index is 13.4. The van der Waals surface area contributed by atoms with E-state index in [9.17, 15) is 14.3 Å². The van der Waals surface area contributed by atoms with Crippen molar-refractivity contribution in [1.29, 1.82) is 0 Å². The fourth-order valence-corrected chi connectivity index (χ4v) is 1.80. The highest BCUT2D eigenvalue weighted by Gasteiger charge is 2.14.